The molecule has 0 saturated heterocycles. The summed E-state index contributed by atoms with van der Waals surface area (Å²) >= 11 is 0. The van der Waals surface area contributed by atoms with Gasteiger partial charge in [-0.2, -0.15) is 0 Å². The first-order valence-corrected chi connectivity index (χ1v) is 5.85. The highest BCUT2D eigenvalue weighted by Gasteiger charge is 2.02. The molecule has 0 bridgehead atoms. The molecule has 0 saturated carbocycles. The standard InChI is InChI=1S/C14H15FN2O/c1-2-16-14-9-11(7-8-17-14)10-18-13-6-4-3-5-12(13)15/h3-9H,2,10H2,1H3,(H,16,17). The molecule has 1 heterocycles. The van der Waals surface area contributed by atoms with Crippen LogP contribution < -0.4 is 10.1 Å². The highest BCUT2D eigenvalue weighted by atomic mass is 19.1. The largest absolute Gasteiger partial charge is 0.486 e. The van der Waals surface area contributed by atoms with E-state index in [-0.39, 0.29) is 11.6 Å². The van der Waals surface area contributed by atoms with Gasteiger partial charge in [0, 0.05) is 12.7 Å². The Balaban J connectivity index is 2.02. The van der Waals surface area contributed by atoms with Crippen LogP contribution >= 0.6 is 0 Å². The van der Waals surface area contributed by atoms with E-state index in [1.54, 1.807) is 24.4 Å². The second-order valence-electron chi connectivity index (χ2n) is 3.80. The molecule has 18 heavy (non-hydrogen) atoms. The van der Waals surface area contributed by atoms with E-state index in [4.69, 9.17) is 4.74 Å². The van der Waals surface area contributed by atoms with Crippen molar-refractivity contribution in [1.29, 1.82) is 0 Å². The van der Waals surface area contributed by atoms with Gasteiger partial charge in [0.15, 0.2) is 11.6 Å². The molecule has 3 nitrogen and oxygen atoms in total. The number of nitrogens with zero attached hydrogens (tertiary/aromatic N) is 1. The average Bonchev–Trinajstić information content (AvgIpc) is 2.39. The minimum atomic E-state index is -0.349. The summed E-state index contributed by atoms with van der Waals surface area (Å²) in [5, 5.41) is 3.12. The molecule has 2 rings (SSSR count). The van der Waals surface area contributed by atoms with Crippen LogP contribution in [0.15, 0.2) is 42.6 Å². The first-order chi connectivity index (χ1) is 8.79. The average molecular weight is 246 g/mol. The number of nitrogens with one attached hydrogen (secondary N) is 1. The van der Waals surface area contributed by atoms with Crippen molar-refractivity contribution in [2.24, 2.45) is 0 Å². The number of para-hydroxylation sites is 1. The lowest BCUT2D eigenvalue weighted by Crippen LogP contribution is -2.02. The number of rotatable bonds is 5. The molecule has 0 aliphatic carbocycles. The minimum Gasteiger partial charge on any atom is -0.486 e. The number of ether oxygens (including phenoxy) is 1. The number of halogens is 1. The number of pyridine rings is 1. The van der Waals surface area contributed by atoms with E-state index in [1.807, 2.05) is 19.1 Å². The lowest BCUT2D eigenvalue weighted by Gasteiger charge is -2.08. The van der Waals surface area contributed by atoms with Gasteiger partial charge in [0.2, 0.25) is 0 Å². The van der Waals surface area contributed by atoms with Crippen LogP contribution in [0.4, 0.5) is 10.2 Å². The molecule has 0 amide bonds. The van der Waals surface area contributed by atoms with Gasteiger partial charge in [-0.15, -0.1) is 0 Å². The summed E-state index contributed by atoms with van der Waals surface area (Å²) in [5.74, 6) is 0.713. The molecular weight excluding hydrogens is 231 g/mol. The van der Waals surface area contributed by atoms with Crippen LogP contribution in [0.1, 0.15) is 12.5 Å². The maximum absolute atomic E-state index is 13.3. The zero-order valence-electron chi connectivity index (χ0n) is 10.2. The third-order valence-corrected chi connectivity index (χ3v) is 2.41. The van der Waals surface area contributed by atoms with Crippen molar-refractivity contribution in [2.45, 2.75) is 13.5 Å². The zero-order valence-corrected chi connectivity index (χ0v) is 10.2. The molecule has 4 heteroatoms. The SMILES string of the molecule is CCNc1cc(COc2ccccc2F)ccn1. The Morgan fingerprint density at radius 2 is 2.11 bits per heavy atom. The number of hydrogen-bond donors (Lipinski definition) is 1. The fraction of sp³-hybridized carbons (Fsp3) is 0.214. The van der Waals surface area contributed by atoms with E-state index in [1.165, 1.54) is 6.07 Å². The first-order valence-electron chi connectivity index (χ1n) is 5.85. The van der Waals surface area contributed by atoms with Crippen molar-refractivity contribution in [3.63, 3.8) is 0 Å². The van der Waals surface area contributed by atoms with Gasteiger partial charge in [0.25, 0.3) is 0 Å². The number of benzene rings is 1. The molecule has 2 aromatic rings. The van der Waals surface area contributed by atoms with Crippen LogP contribution in [0.3, 0.4) is 0 Å². The van der Waals surface area contributed by atoms with Crippen molar-refractivity contribution < 1.29 is 9.13 Å². The quantitative estimate of drug-likeness (QED) is 0.879. The Kier molecular flexibility index (Phi) is 4.12. The summed E-state index contributed by atoms with van der Waals surface area (Å²) in [4.78, 5) is 4.16. The van der Waals surface area contributed by atoms with Crippen molar-refractivity contribution in [3.8, 4) is 5.75 Å². The summed E-state index contributed by atoms with van der Waals surface area (Å²) in [6.07, 6.45) is 1.71. The second kappa shape index (κ2) is 6.00. The molecular formula is C14H15FN2O. The Morgan fingerprint density at radius 3 is 2.89 bits per heavy atom. The molecule has 1 aromatic heterocycles. The van der Waals surface area contributed by atoms with Crippen LogP contribution in [-0.2, 0) is 6.61 Å². The third kappa shape index (κ3) is 3.20. The van der Waals surface area contributed by atoms with Gasteiger partial charge >= 0.3 is 0 Å². The highest BCUT2D eigenvalue weighted by molar-refractivity contribution is 5.37. The Hall–Kier alpha value is -2.10. The first kappa shape index (κ1) is 12.4. The summed E-state index contributed by atoms with van der Waals surface area (Å²) in [5.41, 5.74) is 0.948. The van der Waals surface area contributed by atoms with E-state index in [0.29, 0.717) is 6.61 Å². The molecule has 0 radical (unpaired) electrons. The summed E-state index contributed by atoms with van der Waals surface area (Å²) in [6, 6.07) is 10.1. The lowest BCUT2D eigenvalue weighted by molar-refractivity contribution is 0.290. The Bertz CT molecular complexity index is 517. The highest BCUT2D eigenvalue weighted by Crippen LogP contribution is 2.17. The van der Waals surface area contributed by atoms with Gasteiger partial charge in [-0.3, -0.25) is 0 Å². The van der Waals surface area contributed by atoms with E-state index in [2.05, 4.69) is 10.3 Å². The number of anilines is 1. The molecule has 0 atom stereocenters. The molecule has 94 valence electrons. The van der Waals surface area contributed by atoms with Crippen molar-refractivity contribution in [3.05, 3.63) is 54.0 Å². The molecule has 0 spiro atoms. The van der Waals surface area contributed by atoms with Crippen molar-refractivity contribution in [2.75, 3.05) is 11.9 Å². The minimum absolute atomic E-state index is 0.263. The normalized spacial score (nSPS) is 10.1. The molecule has 1 aromatic carbocycles. The maximum Gasteiger partial charge on any atom is 0.165 e. The molecule has 0 aliphatic heterocycles. The molecule has 0 aliphatic rings. The second-order valence-corrected chi connectivity index (χ2v) is 3.80. The fourth-order valence-corrected chi connectivity index (χ4v) is 1.56. The maximum atomic E-state index is 13.3. The summed E-state index contributed by atoms with van der Waals surface area (Å²) in [7, 11) is 0. The van der Waals surface area contributed by atoms with Gasteiger partial charge < -0.3 is 10.1 Å². The van der Waals surface area contributed by atoms with E-state index in [0.717, 1.165) is 17.9 Å². The lowest BCUT2D eigenvalue weighted by atomic mass is 10.2. The monoisotopic (exact) mass is 246 g/mol. The van der Waals surface area contributed by atoms with Crippen LogP contribution in [0.25, 0.3) is 0 Å². The van der Waals surface area contributed by atoms with Crippen molar-refractivity contribution >= 4 is 5.82 Å². The van der Waals surface area contributed by atoms with E-state index >= 15 is 0 Å². The van der Waals surface area contributed by atoms with Gasteiger partial charge in [-0.25, -0.2) is 9.37 Å². The van der Waals surface area contributed by atoms with Gasteiger partial charge in [-0.1, -0.05) is 12.1 Å². The van der Waals surface area contributed by atoms with Crippen LogP contribution in [0.5, 0.6) is 5.75 Å². The topological polar surface area (TPSA) is 34.1 Å². The predicted molar refractivity (Wildman–Crippen MR) is 69.1 cm³/mol. The van der Waals surface area contributed by atoms with Crippen LogP contribution in [0.2, 0.25) is 0 Å². The smallest absolute Gasteiger partial charge is 0.165 e. The Morgan fingerprint density at radius 1 is 1.28 bits per heavy atom. The summed E-state index contributed by atoms with van der Waals surface area (Å²) < 4.78 is 18.8. The zero-order chi connectivity index (χ0) is 12.8. The van der Waals surface area contributed by atoms with Crippen LogP contribution in [-0.4, -0.2) is 11.5 Å². The predicted octanol–water partition coefficient (Wildman–Crippen LogP) is 3.23. The molecule has 1 N–H and O–H groups in total. The van der Waals surface area contributed by atoms with E-state index < -0.39 is 0 Å². The molecule has 0 unspecified atom stereocenters. The fourth-order valence-electron chi connectivity index (χ4n) is 1.56. The third-order valence-electron chi connectivity index (χ3n) is 2.41. The number of aromatic nitrogens is 1. The van der Waals surface area contributed by atoms with Gasteiger partial charge in [-0.05, 0) is 36.8 Å². The van der Waals surface area contributed by atoms with Gasteiger partial charge in [0.05, 0.1) is 0 Å². The molecule has 0 fully saturated rings. The van der Waals surface area contributed by atoms with E-state index in [9.17, 15) is 4.39 Å². The number of hydrogen-bond acceptors (Lipinski definition) is 3. The Labute approximate surface area is 106 Å². The summed E-state index contributed by atoms with van der Waals surface area (Å²) in [6.45, 7) is 3.14. The van der Waals surface area contributed by atoms with Crippen LogP contribution in [0, 0.1) is 5.82 Å². The van der Waals surface area contributed by atoms with Crippen molar-refractivity contribution in [1.82, 2.24) is 4.98 Å². The van der Waals surface area contributed by atoms with Gasteiger partial charge in [0.1, 0.15) is 12.4 Å².